The molecule has 1 aromatic rings. The van der Waals surface area contributed by atoms with E-state index < -0.39 is 32.3 Å². The fraction of sp³-hybridized carbons (Fsp3) is 0.417. The van der Waals surface area contributed by atoms with Crippen molar-refractivity contribution < 1.29 is 22.3 Å². The van der Waals surface area contributed by atoms with Gasteiger partial charge in [0.25, 0.3) is 0 Å². The van der Waals surface area contributed by atoms with Crippen molar-refractivity contribution in [3.05, 3.63) is 28.5 Å². The topological polar surface area (TPSA) is 86.5 Å². The summed E-state index contributed by atoms with van der Waals surface area (Å²) in [6.07, 6.45) is 3.09. The molecule has 0 atom stereocenters. The van der Waals surface area contributed by atoms with Gasteiger partial charge >= 0.3 is 5.97 Å². The Labute approximate surface area is 120 Å². The highest BCUT2D eigenvalue weighted by atomic mass is 35.5. The first kappa shape index (κ1) is 15.2. The molecular formula is C12H13ClFNO4S. The van der Waals surface area contributed by atoms with Crippen molar-refractivity contribution >= 4 is 27.6 Å². The summed E-state index contributed by atoms with van der Waals surface area (Å²) in [6, 6.07) is 1.55. The minimum atomic E-state index is -4.14. The molecule has 0 bridgehead atoms. The molecule has 5 nitrogen and oxygen atoms in total. The molecule has 2 N–H and O–H groups in total. The van der Waals surface area contributed by atoms with Gasteiger partial charge in [-0.25, -0.2) is 22.7 Å². The molecule has 1 aliphatic rings. The number of ether oxygens (including phenoxy) is 1. The normalized spacial score (nSPS) is 16.4. The first-order valence-corrected chi connectivity index (χ1v) is 7.94. The average molecular weight is 322 g/mol. The third-order valence-electron chi connectivity index (χ3n) is 3.12. The van der Waals surface area contributed by atoms with E-state index in [1.54, 1.807) is 0 Å². The highest BCUT2D eigenvalue weighted by Gasteiger charge is 2.25. The van der Waals surface area contributed by atoms with Crippen molar-refractivity contribution in [2.24, 2.45) is 5.14 Å². The number of rotatable bonds is 3. The van der Waals surface area contributed by atoms with Gasteiger partial charge in [0.05, 0.1) is 10.6 Å². The van der Waals surface area contributed by atoms with E-state index in [-0.39, 0.29) is 11.1 Å². The van der Waals surface area contributed by atoms with Crippen LogP contribution in [0.4, 0.5) is 4.39 Å². The van der Waals surface area contributed by atoms with Gasteiger partial charge in [0.2, 0.25) is 10.0 Å². The number of sulfonamides is 1. The predicted molar refractivity (Wildman–Crippen MR) is 70.5 cm³/mol. The molecule has 0 heterocycles. The number of hydrogen-bond donors (Lipinski definition) is 1. The second-order valence-corrected chi connectivity index (χ2v) is 6.56. The Morgan fingerprint density at radius 3 is 2.50 bits per heavy atom. The number of halogens is 2. The van der Waals surface area contributed by atoms with Gasteiger partial charge in [0.1, 0.15) is 16.8 Å². The molecule has 110 valence electrons. The number of esters is 1. The summed E-state index contributed by atoms with van der Waals surface area (Å²) in [5.41, 5.74) is -0.481. The molecule has 1 aromatic carbocycles. The second kappa shape index (κ2) is 5.67. The molecule has 8 heteroatoms. The lowest BCUT2D eigenvalue weighted by atomic mass is 10.2. The Kier molecular flexibility index (Phi) is 4.31. The number of benzene rings is 1. The van der Waals surface area contributed by atoms with E-state index in [4.69, 9.17) is 21.5 Å². The van der Waals surface area contributed by atoms with Crippen LogP contribution in [-0.2, 0) is 14.8 Å². The molecule has 1 fully saturated rings. The van der Waals surface area contributed by atoms with E-state index in [1.807, 2.05) is 0 Å². The Hall–Kier alpha value is -1.18. The molecular weight excluding hydrogens is 309 g/mol. The Morgan fingerprint density at radius 1 is 1.35 bits per heavy atom. The SMILES string of the molecule is NS(=O)(=O)c1cc(C(=O)OC2CCCC2)c(F)cc1Cl. The van der Waals surface area contributed by atoms with Gasteiger partial charge in [0, 0.05) is 0 Å². The van der Waals surface area contributed by atoms with Gasteiger partial charge in [-0.2, -0.15) is 0 Å². The zero-order chi connectivity index (χ0) is 14.9. The van der Waals surface area contributed by atoms with Crippen LogP contribution in [0.1, 0.15) is 36.0 Å². The van der Waals surface area contributed by atoms with Gasteiger partial charge in [-0.1, -0.05) is 11.6 Å². The Bertz CT molecular complexity index is 641. The lowest BCUT2D eigenvalue weighted by Crippen LogP contribution is -2.18. The van der Waals surface area contributed by atoms with Crippen molar-refractivity contribution in [2.75, 3.05) is 0 Å². The van der Waals surface area contributed by atoms with Gasteiger partial charge in [0.15, 0.2) is 0 Å². The minimum absolute atomic E-state index is 0.254. The van der Waals surface area contributed by atoms with Crippen LogP contribution in [0.25, 0.3) is 0 Å². The molecule has 0 unspecified atom stereocenters. The number of carbonyl (C=O) groups excluding carboxylic acids is 1. The largest absolute Gasteiger partial charge is 0.459 e. The Morgan fingerprint density at radius 2 is 1.95 bits per heavy atom. The third-order valence-corrected chi connectivity index (χ3v) is 4.50. The molecule has 0 amide bonds. The molecule has 2 rings (SSSR count). The van der Waals surface area contributed by atoms with Crippen molar-refractivity contribution in [3.8, 4) is 0 Å². The van der Waals surface area contributed by atoms with E-state index >= 15 is 0 Å². The number of primary sulfonamides is 1. The average Bonchev–Trinajstić information content (AvgIpc) is 2.79. The van der Waals surface area contributed by atoms with Crippen LogP contribution >= 0.6 is 11.6 Å². The van der Waals surface area contributed by atoms with Gasteiger partial charge in [-0.3, -0.25) is 0 Å². The fourth-order valence-corrected chi connectivity index (χ4v) is 3.21. The molecule has 0 aromatic heterocycles. The van der Waals surface area contributed by atoms with Crippen LogP contribution in [0.15, 0.2) is 17.0 Å². The molecule has 0 spiro atoms. The number of hydrogen-bond acceptors (Lipinski definition) is 4. The molecule has 0 radical (unpaired) electrons. The maximum atomic E-state index is 13.7. The van der Waals surface area contributed by atoms with Crippen LogP contribution < -0.4 is 5.14 Å². The van der Waals surface area contributed by atoms with E-state index in [2.05, 4.69) is 0 Å². The summed E-state index contributed by atoms with van der Waals surface area (Å²) in [6.45, 7) is 0. The Balaban J connectivity index is 2.33. The fourth-order valence-electron chi connectivity index (χ4n) is 2.12. The van der Waals surface area contributed by atoms with Gasteiger partial charge < -0.3 is 4.74 Å². The standard InChI is InChI=1S/C12H13ClFNO4S/c13-9-6-10(14)8(5-11(9)20(15,17)18)12(16)19-7-3-1-2-4-7/h5-7H,1-4H2,(H2,15,17,18). The zero-order valence-corrected chi connectivity index (χ0v) is 12.0. The van der Waals surface area contributed by atoms with Crippen molar-refractivity contribution in [3.63, 3.8) is 0 Å². The van der Waals surface area contributed by atoms with Crippen LogP contribution in [0.3, 0.4) is 0 Å². The van der Waals surface area contributed by atoms with Crippen molar-refractivity contribution in [2.45, 2.75) is 36.7 Å². The predicted octanol–water partition coefficient (Wildman–Crippen LogP) is 2.23. The molecule has 1 saturated carbocycles. The number of carbonyl (C=O) groups is 1. The summed E-state index contributed by atoms with van der Waals surface area (Å²) in [4.78, 5) is 11.4. The molecule has 0 saturated heterocycles. The lowest BCUT2D eigenvalue weighted by molar-refractivity contribution is 0.0312. The van der Waals surface area contributed by atoms with Crippen LogP contribution in [0, 0.1) is 5.82 Å². The molecule has 0 aliphatic heterocycles. The van der Waals surface area contributed by atoms with E-state index in [0.29, 0.717) is 0 Å². The van der Waals surface area contributed by atoms with Crippen LogP contribution in [0.2, 0.25) is 5.02 Å². The van der Waals surface area contributed by atoms with Crippen molar-refractivity contribution in [1.82, 2.24) is 0 Å². The second-order valence-electron chi connectivity index (χ2n) is 4.62. The summed E-state index contributed by atoms with van der Waals surface area (Å²) in [5, 5.41) is 4.58. The molecule has 1 aliphatic carbocycles. The first-order valence-electron chi connectivity index (χ1n) is 6.02. The van der Waals surface area contributed by atoms with E-state index in [1.165, 1.54) is 0 Å². The van der Waals surface area contributed by atoms with Crippen LogP contribution in [-0.4, -0.2) is 20.5 Å². The van der Waals surface area contributed by atoms with Crippen molar-refractivity contribution in [1.29, 1.82) is 0 Å². The lowest BCUT2D eigenvalue weighted by Gasteiger charge is -2.12. The zero-order valence-electron chi connectivity index (χ0n) is 10.4. The van der Waals surface area contributed by atoms with Crippen LogP contribution in [0.5, 0.6) is 0 Å². The summed E-state index contributed by atoms with van der Waals surface area (Å²) >= 11 is 5.61. The highest BCUT2D eigenvalue weighted by Crippen LogP contribution is 2.27. The first-order chi connectivity index (χ1) is 9.29. The quantitative estimate of drug-likeness (QED) is 0.865. The summed E-state index contributed by atoms with van der Waals surface area (Å²) in [5.74, 6) is -1.85. The summed E-state index contributed by atoms with van der Waals surface area (Å²) < 4.78 is 41.5. The minimum Gasteiger partial charge on any atom is -0.459 e. The highest BCUT2D eigenvalue weighted by molar-refractivity contribution is 7.89. The molecule has 20 heavy (non-hydrogen) atoms. The smallest absolute Gasteiger partial charge is 0.341 e. The third kappa shape index (κ3) is 3.28. The van der Waals surface area contributed by atoms with Gasteiger partial charge in [-0.15, -0.1) is 0 Å². The maximum absolute atomic E-state index is 13.7. The van der Waals surface area contributed by atoms with Gasteiger partial charge in [-0.05, 0) is 37.8 Å². The monoisotopic (exact) mass is 321 g/mol. The maximum Gasteiger partial charge on any atom is 0.341 e. The van der Waals surface area contributed by atoms with E-state index in [0.717, 1.165) is 37.8 Å². The summed E-state index contributed by atoms with van der Waals surface area (Å²) in [7, 11) is -4.14. The van der Waals surface area contributed by atoms with E-state index in [9.17, 15) is 17.6 Å². The number of nitrogens with two attached hydrogens (primary N) is 1.